The highest BCUT2D eigenvalue weighted by molar-refractivity contribution is 8.00. The van der Waals surface area contributed by atoms with Crippen LogP contribution in [0, 0.1) is 5.82 Å². The van der Waals surface area contributed by atoms with E-state index in [-0.39, 0.29) is 34.8 Å². The second-order valence-electron chi connectivity index (χ2n) is 4.30. The van der Waals surface area contributed by atoms with Gasteiger partial charge in [-0.05, 0) is 32.0 Å². The Bertz CT molecular complexity index is 477. The maximum atomic E-state index is 13.0. The van der Waals surface area contributed by atoms with E-state index in [9.17, 15) is 19.1 Å². The standard InChI is InChI=1S/C13H16FNO3S/c1-8(2)15-13(18)7-19-6-12(17)10-5-9(14)3-4-11(10)16/h3-5,8,16H,6-7H2,1-2H3,(H,15,18). The number of ketones is 1. The van der Waals surface area contributed by atoms with Gasteiger partial charge in [0.15, 0.2) is 5.78 Å². The second kappa shape index (κ2) is 7.13. The number of amides is 1. The molecule has 0 atom stereocenters. The maximum absolute atomic E-state index is 13.0. The van der Waals surface area contributed by atoms with E-state index in [1.807, 2.05) is 13.8 Å². The summed E-state index contributed by atoms with van der Waals surface area (Å²) in [6.07, 6.45) is 0. The summed E-state index contributed by atoms with van der Waals surface area (Å²) in [6.45, 7) is 3.69. The Morgan fingerprint density at radius 1 is 1.37 bits per heavy atom. The number of hydrogen-bond donors (Lipinski definition) is 2. The van der Waals surface area contributed by atoms with E-state index in [2.05, 4.69) is 5.32 Å². The lowest BCUT2D eigenvalue weighted by molar-refractivity contribution is -0.119. The maximum Gasteiger partial charge on any atom is 0.230 e. The first kappa shape index (κ1) is 15.5. The number of aromatic hydroxyl groups is 1. The molecular formula is C13H16FNO3S. The molecule has 0 aromatic heterocycles. The second-order valence-corrected chi connectivity index (χ2v) is 5.29. The van der Waals surface area contributed by atoms with Crippen LogP contribution in [0.3, 0.4) is 0 Å². The Morgan fingerprint density at radius 3 is 2.68 bits per heavy atom. The van der Waals surface area contributed by atoms with E-state index >= 15 is 0 Å². The van der Waals surface area contributed by atoms with Crippen LogP contribution in [0.25, 0.3) is 0 Å². The van der Waals surface area contributed by atoms with Crippen molar-refractivity contribution in [3.63, 3.8) is 0 Å². The summed E-state index contributed by atoms with van der Waals surface area (Å²) in [7, 11) is 0. The fourth-order valence-electron chi connectivity index (χ4n) is 1.41. The SMILES string of the molecule is CC(C)NC(=O)CSCC(=O)c1cc(F)ccc1O. The van der Waals surface area contributed by atoms with Gasteiger partial charge in [-0.2, -0.15) is 0 Å². The lowest BCUT2D eigenvalue weighted by Crippen LogP contribution is -2.31. The Hall–Kier alpha value is -1.56. The van der Waals surface area contributed by atoms with Gasteiger partial charge in [-0.1, -0.05) is 0 Å². The predicted octanol–water partition coefficient (Wildman–Crippen LogP) is 1.97. The zero-order valence-corrected chi connectivity index (χ0v) is 11.6. The number of Topliss-reactive ketones (excluding diaryl/α,β-unsaturated/α-hetero) is 1. The molecule has 1 aromatic carbocycles. The summed E-state index contributed by atoms with van der Waals surface area (Å²) in [4.78, 5) is 23.1. The highest BCUT2D eigenvalue weighted by Gasteiger charge is 2.13. The van der Waals surface area contributed by atoms with Crippen LogP contribution < -0.4 is 5.32 Å². The van der Waals surface area contributed by atoms with Crippen molar-refractivity contribution in [1.82, 2.24) is 5.32 Å². The van der Waals surface area contributed by atoms with Gasteiger partial charge in [0.05, 0.1) is 17.1 Å². The van der Waals surface area contributed by atoms with Gasteiger partial charge in [-0.3, -0.25) is 9.59 Å². The van der Waals surface area contributed by atoms with Gasteiger partial charge in [0.25, 0.3) is 0 Å². The Balaban J connectivity index is 2.48. The normalized spacial score (nSPS) is 10.5. The molecule has 1 rings (SSSR count). The molecule has 2 N–H and O–H groups in total. The number of hydrogen-bond acceptors (Lipinski definition) is 4. The third kappa shape index (κ3) is 5.30. The molecule has 0 aliphatic rings. The zero-order valence-electron chi connectivity index (χ0n) is 10.8. The lowest BCUT2D eigenvalue weighted by atomic mass is 10.1. The first-order chi connectivity index (χ1) is 8.90. The summed E-state index contributed by atoms with van der Waals surface area (Å²) in [5, 5.41) is 12.2. The van der Waals surface area contributed by atoms with Gasteiger partial charge < -0.3 is 10.4 Å². The Kier molecular flexibility index (Phi) is 5.82. The summed E-state index contributed by atoms with van der Waals surface area (Å²) >= 11 is 1.13. The number of nitrogens with one attached hydrogen (secondary N) is 1. The van der Waals surface area contributed by atoms with Crippen molar-refractivity contribution in [1.29, 1.82) is 0 Å². The highest BCUT2D eigenvalue weighted by atomic mass is 32.2. The molecule has 0 aliphatic carbocycles. The molecule has 0 aliphatic heterocycles. The molecule has 0 saturated heterocycles. The monoisotopic (exact) mass is 285 g/mol. The van der Waals surface area contributed by atoms with Gasteiger partial charge in [0, 0.05) is 6.04 Å². The van der Waals surface area contributed by atoms with Gasteiger partial charge >= 0.3 is 0 Å². The number of phenols is 1. The average molecular weight is 285 g/mol. The van der Waals surface area contributed by atoms with Crippen LogP contribution in [0.5, 0.6) is 5.75 Å². The van der Waals surface area contributed by atoms with Crippen molar-refractivity contribution in [2.75, 3.05) is 11.5 Å². The third-order valence-electron chi connectivity index (χ3n) is 2.17. The quantitative estimate of drug-likeness (QED) is 0.784. The van der Waals surface area contributed by atoms with Crippen LogP contribution in [-0.2, 0) is 4.79 Å². The number of benzene rings is 1. The molecule has 0 saturated carbocycles. The van der Waals surface area contributed by atoms with Crippen molar-refractivity contribution < 1.29 is 19.1 Å². The van der Waals surface area contributed by atoms with E-state index in [0.29, 0.717) is 0 Å². The van der Waals surface area contributed by atoms with Crippen LogP contribution in [0.2, 0.25) is 0 Å². The molecule has 0 unspecified atom stereocenters. The molecule has 1 amide bonds. The summed E-state index contributed by atoms with van der Waals surface area (Å²) in [5.41, 5.74) is -0.0585. The molecule has 0 fully saturated rings. The zero-order chi connectivity index (χ0) is 14.4. The van der Waals surface area contributed by atoms with E-state index < -0.39 is 11.6 Å². The van der Waals surface area contributed by atoms with Crippen LogP contribution >= 0.6 is 11.8 Å². The fraction of sp³-hybridized carbons (Fsp3) is 0.385. The first-order valence-electron chi connectivity index (χ1n) is 5.79. The predicted molar refractivity (Wildman–Crippen MR) is 73.0 cm³/mol. The molecule has 0 bridgehead atoms. The van der Waals surface area contributed by atoms with E-state index in [1.54, 1.807) is 0 Å². The van der Waals surface area contributed by atoms with Crippen LogP contribution in [0.15, 0.2) is 18.2 Å². The minimum atomic E-state index is -0.580. The number of rotatable bonds is 6. The Labute approximate surface area is 115 Å². The lowest BCUT2D eigenvalue weighted by Gasteiger charge is -2.08. The smallest absolute Gasteiger partial charge is 0.230 e. The van der Waals surface area contributed by atoms with Crippen LogP contribution in [0.1, 0.15) is 24.2 Å². The Morgan fingerprint density at radius 2 is 2.05 bits per heavy atom. The van der Waals surface area contributed by atoms with Crippen molar-refractivity contribution in [2.45, 2.75) is 19.9 Å². The topological polar surface area (TPSA) is 66.4 Å². The van der Waals surface area contributed by atoms with Gasteiger partial charge in [0.2, 0.25) is 5.91 Å². The number of phenolic OH excluding ortho intramolecular Hbond substituents is 1. The van der Waals surface area contributed by atoms with E-state index in [4.69, 9.17) is 0 Å². The highest BCUT2D eigenvalue weighted by Crippen LogP contribution is 2.19. The molecule has 0 heterocycles. The molecular weight excluding hydrogens is 269 g/mol. The van der Waals surface area contributed by atoms with Crippen LogP contribution in [0.4, 0.5) is 4.39 Å². The molecule has 104 valence electrons. The van der Waals surface area contributed by atoms with Gasteiger partial charge in [0.1, 0.15) is 11.6 Å². The summed E-state index contributed by atoms with van der Waals surface area (Å²) in [5.74, 6) is -1.22. The van der Waals surface area contributed by atoms with E-state index in [0.717, 1.165) is 30.0 Å². The number of carbonyl (C=O) groups excluding carboxylic acids is 2. The van der Waals surface area contributed by atoms with Crippen molar-refractivity contribution >= 4 is 23.5 Å². The number of carbonyl (C=O) groups is 2. The summed E-state index contributed by atoms with van der Waals surface area (Å²) < 4.78 is 13.0. The molecule has 1 aromatic rings. The first-order valence-corrected chi connectivity index (χ1v) is 6.94. The van der Waals surface area contributed by atoms with Crippen LogP contribution in [-0.4, -0.2) is 34.3 Å². The largest absolute Gasteiger partial charge is 0.507 e. The van der Waals surface area contributed by atoms with Crippen molar-refractivity contribution in [2.24, 2.45) is 0 Å². The third-order valence-corrected chi connectivity index (χ3v) is 3.11. The van der Waals surface area contributed by atoms with Crippen molar-refractivity contribution in [3.8, 4) is 5.75 Å². The molecule has 4 nitrogen and oxygen atoms in total. The molecule has 0 spiro atoms. The number of halogens is 1. The molecule has 0 radical (unpaired) electrons. The molecule has 19 heavy (non-hydrogen) atoms. The van der Waals surface area contributed by atoms with Gasteiger partial charge in [-0.15, -0.1) is 11.8 Å². The summed E-state index contributed by atoms with van der Waals surface area (Å²) in [6, 6.07) is 3.26. The average Bonchev–Trinajstić information content (AvgIpc) is 2.31. The fourth-order valence-corrected chi connectivity index (χ4v) is 2.12. The van der Waals surface area contributed by atoms with Crippen molar-refractivity contribution in [3.05, 3.63) is 29.6 Å². The minimum Gasteiger partial charge on any atom is -0.507 e. The van der Waals surface area contributed by atoms with Gasteiger partial charge in [-0.25, -0.2) is 4.39 Å². The molecule has 6 heteroatoms. The number of thioether (sulfide) groups is 1. The minimum absolute atomic E-state index is 0.0164. The van der Waals surface area contributed by atoms with E-state index in [1.165, 1.54) is 0 Å².